The van der Waals surface area contributed by atoms with E-state index in [0.717, 1.165) is 11.3 Å². The Kier molecular flexibility index (Phi) is 5.40. The van der Waals surface area contributed by atoms with E-state index in [1.54, 1.807) is 47.8 Å². The normalized spacial score (nSPS) is 10.5. The smallest absolute Gasteiger partial charge is 0.257 e. The van der Waals surface area contributed by atoms with E-state index in [9.17, 15) is 9.18 Å². The maximum atomic E-state index is 13.3. The number of amides is 1. The number of para-hydroxylation sites is 1. The quantitative estimate of drug-likeness (QED) is 0.667. The van der Waals surface area contributed by atoms with Crippen LogP contribution in [0.5, 0.6) is 5.75 Å². The van der Waals surface area contributed by atoms with Crippen molar-refractivity contribution in [2.45, 2.75) is 13.2 Å². The number of rotatable bonds is 6. The van der Waals surface area contributed by atoms with Crippen LogP contribution in [0.3, 0.4) is 0 Å². The minimum atomic E-state index is -0.314. The predicted molar refractivity (Wildman–Crippen MR) is 95.1 cm³/mol. The highest BCUT2D eigenvalue weighted by molar-refractivity contribution is 7.07. The number of ether oxygens (including phenoxy) is 1. The van der Waals surface area contributed by atoms with Crippen LogP contribution in [-0.4, -0.2) is 22.8 Å². The van der Waals surface area contributed by atoms with Crippen molar-refractivity contribution in [3.8, 4) is 5.75 Å². The summed E-state index contributed by atoms with van der Waals surface area (Å²) in [4.78, 5) is 18.5. The van der Waals surface area contributed by atoms with Gasteiger partial charge in [-0.05, 0) is 29.8 Å². The molecule has 1 heterocycles. The Morgan fingerprint density at radius 3 is 2.84 bits per heavy atom. The topological polar surface area (TPSA) is 42.4 Å². The third-order valence-electron chi connectivity index (χ3n) is 3.63. The third-order valence-corrected chi connectivity index (χ3v) is 4.27. The van der Waals surface area contributed by atoms with Crippen molar-refractivity contribution in [1.29, 1.82) is 0 Å². The summed E-state index contributed by atoms with van der Waals surface area (Å²) in [6, 6.07) is 13.3. The van der Waals surface area contributed by atoms with E-state index < -0.39 is 0 Å². The van der Waals surface area contributed by atoms with Crippen LogP contribution in [0.15, 0.2) is 59.4 Å². The van der Waals surface area contributed by atoms with Gasteiger partial charge in [0.15, 0.2) is 0 Å². The molecule has 4 nitrogen and oxygen atoms in total. The van der Waals surface area contributed by atoms with Gasteiger partial charge in [-0.1, -0.05) is 24.3 Å². The minimum absolute atomic E-state index is 0.182. The number of halogens is 1. The van der Waals surface area contributed by atoms with Crippen molar-refractivity contribution < 1.29 is 13.9 Å². The zero-order valence-corrected chi connectivity index (χ0v) is 14.5. The molecule has 1 amide bonds. The Hall–Kier alpha value is -2.73. The summed E-state index contributed by atoms with van der Waals surface area (Å²) in [7, 11) is 1.68. The van der Waals surface area contributed by atoms with E-state index in [2.05, 4.69) is 4.98 Å². The number of thiazole rings is 1. The largest absolute Gasteiger partial charge is 0.486 e. The van der Waals surface area contributed by atoms with E-state index in [1.807, 2.05) is 11.4 Å². The second-order valence-corrected chi connectivity index (χ2v) is 6.27. The van der Waals surface area contributed by atoms with Gasteiger partial charge in [-0.2, -0.15) is 0 Å². The molecule has 0 radical (unpaired) electrons. The van der Waals surface area contributed by atoms with E-state index in [1.165, 1.54) is 23.5 Å². The summed E-state index contributed by atoms with van der Waals surface area (Å²) >= 11 is 1.50. The van der Waals surface area contributed by atoms with Crippen LogP contribution in [0.25, 0.3) is 0 Å². The first kappa shape index (κ1) is 17.1. The van der Waals surface area contributed by atoms with Gasteiger partial charge in [-0.15, -0.1) is 11.3 Å². The van der Waals surface area contributed by atoms with Crippen molar-refractivity contribution >= 4 is 17.2 Å². The van der Waals surface area contributed by atoms with Crippen LogP contribution < -0.4 is 4.74 Å². The first-order chi connectivity index (χ1) is 12.1. The molecule has 6 heteroatoms. The lowest BCUT2D eigenvalue weighted by atomic mass is 10.1. The summed E-state index contributed by atoms with van der Waals surface area (Å²) in [6.07, 6.45) is 0. The second-order valence-electron chi connectivity index (χ2n) is 5.56. The van der Waals surface area contributed by atoms with Crippen molar-refractivity contribution in [3.05, 3.63) is 82.1 Å². The van der Waals surface area contributed by atoms with Crippen molar-refractivity contribution in [2.75, 3.05) is 7.05 Å². The maximum absolute atomic E-state index is 13.3. The number of carbonyl (C=O) groups is 1. The van der Waals surface area contributed by atoms with Gasteiger partial charge in [0.2, 0.25) is 0 Å². The lowest BCUT2D eigenvalue weighted by molar-refractivity contribution is 0.0780. The molecule has 1 aromatic heterocycles. The molecule has 0 saturated heterocycles. The number of carbonyl (C=O) groups excluding carboxylic acids is 1. The van der Waals surface area contributed by atoms with Gasteiger partial charge in [0.1, 0.15) is 18.2 Å². The standard InChI is InChI=1S/C19H17FN2O2S/c1-22(10-14-5-4-6-15(20)9-14)19(23)17-7-2-3-8-18(17)24-11-16-12-25-13-21-16/h2-9,12-13H,10-11H2,1H3. The molecule has 0 bridgehead atoms. The molecule has 0 unspecified atom stereocenters. The van der Waals surface area contributed by atoms with Gasteiger partial charge in [0, 0.05) is 19.0 Å². The molecule has 25 heavy (non-hydrogen) atoms. The average molecular weight is 356 g/mol. The monoisotopic (exact) mass is 356 g/mol. The highest BCUT2D eigenvalue weighted by Gasteiger charge is 2.17. The zero-order valence-electron chi connectivity index (χ0n) is 13.7. The van der Waals surface area contributed by atoms with Gasteiger partial charge in [0.05, 0.1) is 16.8 Å². The fourth-order valence-corrected chi connectivity index (χ4v) is 2.96. The zero-order chi connectivity index (χ0) is 17.6. The molecule has 0 saturated carbocycles. The molecule has 0 aliphatic rings. The maximum Gasteiger partial charge on any atom is 0.257 e. The highest BCUT2D eigenvalue weighted by atomic mass is 32.1. The minimum Gasteiger partial charge on any atom is -0.486 e. The highest BCUT2D eigenvalue weighted by Crippen LogP contribution is 2.21. The first-order valence-electron chi connectivity index (χ1n) is 7.72. The van der Waals surface area contributed by atoms with Gasteiger partial charge in [-0.25, -0.2) is 9.37 Å². The number of aromatic nitrogens is 1. The van der Waals surface area contributed by atoms with Gasteiger partial charge >= 0.3 is 0 Å². The van der Waals surface area contributed by atoms with Crippen LogP contribution in [0.1, 0.15) is 21.6 Å². The number of nitrogens with zero attached hydrogens (tertiary/aromatic N) is 2. The van der Waals surface area contributed by atoms with Gasteiger partial charge in [-0.3, -0.25) is 4.79 Å². The van der Waals surface area contributed by atoms with Crippen LogP contribution in [0.4, 0.5) is 4.39 Å². The molecule has 2 aromatic carbocycles. The van der Waals surface area contributed by atoms with E-state index in [0.29, 0.717) is 24.5 Å². The molecule has 128 valence electrons. The Labute approximate surface area is 149 Å². The summed E-state index contributed by atoms with van der Waals surface area (Å²) < 4.78 is 19.1. The average Bonchev–Trinajstić information content (AvgIpc) is 3.13. The summed E-state index contributed by atoms with van der Waals surface area (Å²) in [5.41, 5.74) is 3.76. The number of benzene rings is 2. The third kappa shape index (κ3) is 4.42. The Balaban J connectivity index is 1.72. The Morgan fingerprint density at radius 1 is 1.24 bits per heavy atom. The SMILES string of the molecule is CN(Cc1cccc(F)c1)C(=O)c1ccccc1OCc1cscn1. The van der Waals surface area contributed by atoms with Crippen LogP contribution in [0.2, 0.25) is 0 Å². The molecule has 0 aliphatic carbocycles. The van der Waals surface area contributed by atoms with E-state index in [4.69, 9.17) is 4.74 Å². The second kappa shape index (κ2) is 7.90. The Bertz CT molecular complexity index is 852. The number of hydrogen-bond acceptors (Lipinski definition) is 4. The predicted octanol–water partition coefficient (Wildman–Crippen LogP) is 4.13. The lowest BCUT2D eigenvalue weighted by Gasteiger charge is -2.19. The molecule has 3 rings (SSSR count). The fourth-order valence-electron chi connectivity index (χ4n) is 2.42. The van der Waals surface area contributed by atoms with Crippen molar-refractivity contribution in [1.82, 2.24) is 9.88 Å². The first-order valence-corrected chi connectivity index (χ1v) is 8.66. The van der Waals surface area contributed by atoms with E-state index >= 15 is 0 Å². The molecule has 0 spiro atoms. The molecule has 0 atom stereocenters. The van der Waals surface area contributed by atoms with Crippen LogP contribution >= 0.6 is 11.3 Å². The van der Waals surface area contributed by atoms with E-state index in [-0.39, 0.29) is 11.7 Å². The summed E-state index contributed by atoms with van der Waals surface area (Å²) in [5, 5.41) is 1.90. The fraction of sp³-hybridized carbons (Fsp3) is 0.158. The Morgan fingerprint density at radius 2 is 2.08 bits per heavy atom. The van der Waals surface area contributed by atoms with Crippen LogP contribution in [-0.2, 0) is 13.2 Å². The number of hydrogen-bond donors (Lipinski definition) is 0. The molecular weight excluding hydrogens is 339 g/mol. The molecule has 0 N–H and O–H groups in total. The summed E-state index contributed by atoms with van der Waals surface area (Å²) in [6.45, 7) is 0.623. The van der Waals surface area contributed by atoms with Gasteiger partial charge < -0.3 is 9.64 Å². The summed E-state index contributed by atoms with van der Waals surface area (Å²) in [5.74, 6) is 0.00933. The van der Waals surface area contributed by atoms with Gasteiger partial charge in [0.25, 0.3) is 5.91 Å². The van der Waals surface area contributed by atoms with Crippen molar-refractivity contribution in [2.24, 2.45) is 0 Å². The molecular formula is C19H17FN2O2S. The van der Waals surface area contributed by atoms with Crippen molar-refractivity contribution in [3.63, 3.8) is 0 Å². The van der Waals surface area contributed by atoms with Crippen LogP contribution in [0, 0.1) is 5.82 Å². The molecule has 0 fully saturated rings. The molecule has 0 aliphatic heterocycles. The lowest BCUT2D eigenvalue weighted by Crippen LogP contribution is -2.26. The molecule has 3 aromatic rings.